The number of aliphatic hydroxyl groups is 8. The van der Waals surface area contributed by atoms with E-state index in [1.54, 1.807) is 6.08 Å². The van der Waals surface area contributed by atoms with Crippen molar-refractivity contribution in [2.24, 2.45) is 0 Å². The van der Waals surface area contributed by atoms with E-state index in [0.717, 1.165) is 51.4 Å². The quantitative estimate of drug-likeness (QED) is 0.0244. The second-order valence-corrected chi connectivity index (χ2v) is 17.9. The highest BCUT2D eigenvalue weighted by Gasteiger charge is 2.51. The molecule has 0 bridgehead atoms. The van der Waals surface area contributed by atoms with E-state index in [-0.39, 0.29) is 18.9 Å². The second-order valence-electron chi connectivity index (χ2n) is 17.9. The Morgan fingerprint density at radius 3 is 1.50 bits per heavy atom. The summed E-state index contributed by atoms with van der Waals surface area (Å²) in [4.78, 5) is 13.1. The van der Waals surface area contributed by atoms with Crippen LogP contribution in [-0.4, -0.2) is 140 Å². The number of carbonyl (C=O) groups is 1. The number of aliphatic hydroxyl groups excluding tert-OH is 8. The minimum atomic E-state index is -1.79. The molecule has 2 saturated heterocycles. The van der Waals surface area contributed by atoms with Gasteiger partial charge in [0.15, 0.2) is 12.6 Å². The standard InChI is InChI=1S/C50H91NO13/c1-3-5-7-9-11-13-15-16-17-18-19-20-21-22-24-26-28-30-32-34-42(55)51-38(39(54)33-31-29-27-25-23-14-12-10-8-6-4-2)37-61-49-47(60)45(58)48(41(36-53)63-49)64-50-46(59)44(57)43(56)40(35-52)62-50/h8,10,23,25,31,33,38-41,43-50,52-54,56-60H,3-7,9,11-22,24,26-30,32,34-37H2,1-2H3,(H,51,55)/b10-8+,25-23+,33-31+. The third kappa shape index (κ3) is 24.3. The topological polar surface area (TPSA) is 228 Å². The van der Waals surface area contributed by atoms with Gasteiger partial charge in [0.05, 0.1) is 32.0 Å². The Balaban J connectivity index is 1.82. The van der Waals surface area contributed by atoms with E-state index >= 15 is 0 Å². The van der Waals surface area contributed by atoms with Crippen LogP contribution in [0.1, 0.15) is 181 Å². The molecule has 9 N–H and O–H groups in total. The van der Waals surface area contributed by atoms with Gasteiger partial charge < -0.3 is 65.1 Å². The third-order valence-electron chi connectivity index (χ3n) is 12.3. The molecular formula is C50H91NO13. The van der Waals surface area contributed by atoms with Crippen LogP contribution in [-0.2, 0) is 23.7 Å². The lowest BCUT2D eigenvalue weighted by Gasteiger charge is -2.46. The molecule has 0 radical (unpaired) electrons. The molecular weight excluding hydrogens is 823 g/mol. The molecule has 2 rings (SSSR count). The first-order valence-electron chi connectivity index (χ1n) is 25.2. The number of ether oxygens (including phenoxy) is 4. The van der Waals surface area contributed by atoms with Crippen molar-refractivity contribution in [2.45, 2.75) is 254 Å². The molecule has 12 atom stereocenters. The van der Waals surface area contributed by atoms with E-state index in [2.05, 4.69) is 43.5 Å². The van der Waals surface area contributed by atoms with Crippen LogP contribution in [0.5, 0.6) is 0 Å². The number of rotatable bonds is 38. The van der Waals surface area contributed by atoms with Crippen LogP contribution in [0.3, 0.4) is 0 Å². The molecule has 0 aromatic carbocycles. The van der Waals surface area contributed by atoms with E-state index in [0.29, 0.717) is 12.8 Å². The minimum absolute atomic E-state index is 0.254. The maximum atomic E-state index is 13.1. The molecule has 2 fully saturated rings. The van der Waals surface area contributed by atoms with E-state index in [4.69, 9.17) is 18.9 Å². The number of amides is 1. The number of allylic oxidation sites excluding steroid dienone is 5. The highest BCUT2D eigenvalue weighted by atomic mass is 16.7. The van der Waals surface area contributed by atoms with Crippen molar-refractivity contribution < 1.29 is 64.6 Å². The highest BCUT2D eigenvalue weighted by Crippen LogP contribution is 2.30. The zero-order valence-corrected chi connectivity index (χ0v) is 39.5. The summed E-state index contributed by atoms with van der Waals surface area (Å²) in [6.45, 7) is 2.68. The summed E-state index contributed by atoms with van der Waals surface area (Å²) in [5.41, 5.74) is 0. The lowest BCUT2D eigenvalue weighted by molar-refractivity contribution is -0.359. The van der Waals surface area contributed by atoms with Gasteiger partial charge in [-0.1, -0.05) is 172 Å². The van der Waals surface area contributed by atoms with Crippen molar-refractivity contribution in [2.75, 3.05) is 19.8 Å². The second kappa shape index (κ2) is 37.2. The van der Waals surface area contributed by atoms with Crippen molar-refractivity contribution >= 4 is 5.91 Å². The van der Waals surface area contributed by atoms with Crippen LogP contribution in [0.25, 0.3) is 0 Å². The van der Waals surface area contributed by atoms with Gasteiger partial charge in [-0.15, -0.1) is 0 Å². The molecule has 0 spiro atoms. The molecule has 64 heavy (non-hydrogen) atoms. The monoisotopic (exact) mass is 914 g/mol. The summed E-state index contributed by atoms with van der Waals surface area (Å²) in [5.74, 6) is -0.254. The van der Waals surface area contributed by atoms with Crippen LogP contribution in [0.4, 0.5) is 0 Å². The van der Waals surface area contributed by atoms with Crippen molar-refractivity contribution in [3.05, 3.63) is 36.5 Å². The Labute approximate surface area is 385 Å². The smallest absolute Gasteiger partial charge is 0.220 e. The zero-order chi connectivity index (χ0) is 46.8. The van der Waals surface area contributed by atoms with Gasteiger partial charge in [-0.2, -0.15) is 0 Å². The Bertz CT molecular complexity index is 1220. The number of hydrogen-bond acceptors (Lipinski definition) is 13. The first-order valence-corrected chi connectivity index (χ1v) is 25.2. The van der Waals surface area contributed by atoms with Crippen LogP contribution in [0.15, 0.2) is 36.5 Å². The van der Waals surface area contributed by atoms with Gasteiger partial charge in [-0.3, -0.25) is 4.79 Å². The summed E-state index contributed by atoms with van der Waals surface area (Å²) in [6, 6.07) is -0.932. The highest BCUT2D eigenvalue weighted by molar-refractivity contribution is 5.76. The van der Waals surface area contributed by atoms with Gasteiger partial charge in [-0.25, -0.2) is 0 Å². The SMILES string of the molecule is CCC/C=C/CC/C=C/CC/C=C/C(O)C(COC1OC(CO)C(OC2OC(CO)C(O)C(O)C2O)C(O)C1O)NC(=O)CCCCCCCCCCCCCCCCCCCCC. The zero-order valence-electron chi connectivity index (χ0n) is 39.5. The summed E-state index contributed by atoms with van der Waals surface area (Å²) in [7, 11) is 0. The third-order valence-corrected chi connectivity index (χ3v) is 12.3. The van der Waals surface area contributed by atoms with Gasteiger partial charge in [0.25, 0.3) is 0 Å². The maximum absolute atomic E-state index is 13.1. The van der Waals surface area contributed by atoms with E-state index in [1.165, 1.54) is 96.3 Å². The summed E-state index contributed by atoms with van der Waals surface area (Å²) in [5, 5.41) is 86.5. The lowest BCUT2D eigenvalue weighted by atomic mass is 9.97. The van der Waals surface area contributed by atoms with Gasteiger partial charge in [0.2, 0.25) is 5.91 Å². The van der Waals surface area contributed by atoms with Gasteiger partial charge in [0.1, 0.15) is 48.8 Å². The number of nitrogens with one attached hydrogen (secondary N) is 1. The molecule has 1 amide bonds. The molecule has 14 heteroatoms. The molecule has 12 unspecified atom stereocenters. The first-order chi connectivity index (χ1) is 31.1. The Morgan fingerprint density at radius 2 is 1.00 bits per heavy atom. The van der Waals surface area contributed by atoms with Gasteiger partial charge in [0, 0.05) is 6.42 Å². The summed E-state index contributed by atoms with van der Waals surface area (Å²) >= 11 is 0. The lowest BCUT2D eigenvalue weighted by Crippen LogP contribution is -2.65. The average molecular weight is 914 g/mol. The number of unbranched alkanes of at least 4 members (excludes halogenated alkanes) is 21. The molecule has 2 aliphatic rings. The van der Waals surface area contributed by atoms with E-state index < -0.39 is 86.8 Å². The van der Waals surface area contributed by atoms with Crippen molar-refractivity contribution in [3.8, 4) is 0 Å². The van der Waals surface area contributed by atoms with Gasteiger partial charge in [-0.05, 0) is 38.5 Å². The molecule has 0 saturated carbocycles. The van der Waals surface area contributed by atoms with E-state index in [9.17, 15) is 45.6 Å². The van der Waals surface area contributed by atoms with Crippen molar-refractivity contribution in [1.29, 1.82) is 0 Å². The normalized spacial score (nSPS) is 27.5. The predicted molar refractivity (Wildman–Crippen MR) is 249 cm³/mol. The van der Waals surface area contributed by atoms with Crippen LogP contribution >= 0.6 is 0 Å². The number of hydrogen-bond donors (Lipinski definition) is 9. The van der Waals surface area contributed by atoms with Crippen LogP contribution < -0.4 is 5.32 Å². The Kier molecular flexibility index (Phi) is 33.9. The molecule has 2 aliphatic heterocycles. The number of carbonyl (C=O) groups excluding carboxylic acids is 1. The fraction of sp³-hybridized carbons (Fsp3) is 0.860. The molecule has 0 aromatic rings. The predicted octanol–water partition coefficient (Wildman–Crippen LogP) is 6.32. The largest absolute Gasteiger partial charge is 0.394 e. The van der Waals surface area contributed by atoms with E-state index in [1.807, 2.05) is 6.08 Å². The minimum Gasteiger partial charge on any atom is -0.394 e. The van der Waals surface area contributed by atoms with Crippen LogP contribution in [0.2, 0.25) is 0 Å². The maximum Gasteiger partial charge on any atom is 0.220 e. The fourth-order valence-corrected chi connectivity index (χ4v) is 8.15. The van der Waals surface area contributed by atoms with Crippen molar-refractivity contribution in [3.63, 3.8) is 0 Å². The molecule has 0 aliphatic carbocycles. The first kappa shape index (κ1) is 58.3. The molecule has 374 valence electrons. The van der Waals surface area contributed by atoms with Gasteiger partial charge >= 0.3 is 0 Å². The molecule has 2 heterocycles. The molecule has 0 aromatic heterocycles. The van der Waals surface area contributed by atoms with Crippen molar-refractivity contribution in [1.82, 2.24) is 5.32 Å². The average Bonchev–Trinajstić information content (AvgIpc) is 3.29. The Morgan fingerprint density at radius 1 is 0.547 bits per heavy atom. The summed E-state index contributed by atoms with van der Waals surface area (Å²) in [6.07, 6.45) is 24.9. The Hall–Kier alpha value is -1.79. The molecule has 14 nitrogen and oxygen atoms in total. The fourth-order valence-electron chi connectivity index (χ4n) is 8.15. The summed E-state index contributed by atoms with van der Waals surface area (Å²) < 4.78 is 22.6. The van der Waals surface area contributed by atoms with Crippen LogP contribution in [0, 0.1) is 0 Å².